The van der Waals surface area contributed by atoms with Crippen molar-refractivity contribution in [3.8, 4) is 11.1 Å². The summed E-state index contributed by atoms with van der Waals surface area (Å²) in [4.78, 5) is 62.6. The van der Waals surface area contributed by atoms with Crippen LogP contribution in [-0.2, 0) is 30.4 Å². The molecule has 0 spiro atoms. The van der Waals surface area contributed by atoms with Crippen LogP contribution in [0.5, 0.6) is 0 Å². The molecule has 0 saturated heterocycles. The highest BCUT2D eigenvalue weighted by atomic mass is 16.6. The van der Waals surface area contributed by atoms with Gasteiger partial charge in [-0.25, -0.2) is 14.4 Å². The lowest BCUT2D eigenvalue weighted by atomic mass is 9.98. The third-order valence-corrected chi connectivity index (χ3v) is 7.97. The van der Waals surface area contributed by atoms with E-state index in [1.54, 1.807) is 65.8 Å². The molecule has 2 atom stereocenters. The summed E-state index contributed by atoms with van der Waals surface area (Å²) in [6, 6.07) is 20.8. The Bertz CT molecular complexity index is 1660. The molecule has 0 aromatic heterocycles. The number of amides is 5. The van der Waals surface area contributed by atoms with E-state index in [2.05, 4.69) is 38.7 Å². The molecule has 0 unspecified atom stereocenters. The highest BCUT2D eigenvalue weighted by molar-refractivity contribution is 5.98. The molecule has 5 N–H and O–H groups in total. The molecule has 13 heteroatoms. The van der Waals surface area contributed by atoms with E-state index >= 15 is 0 Å². The highest BCUT2D eigenvalue weighted by Gasteiger charge is 2.31. The fourth-order valence-corrected chi connectivity index (χ4v) is 5.45. The summed E-state index contributed by atoms with van der Waals surface area (Å²) < 4.78 is 15.9. The first-order valence-electron chi connectivity index (χ1n) is 16.9. The van der Waals surface area contributed by atoms with Crippen molar-refractivity contribution in [1.29, 1.82) is 0 Å². The van der Waals surface area contributed by atoms with Crippen molar-refractivity contribution in [2.45, 2.75) is 71.8 Å². The molecule has 272 valence electrons. The Morgan fingerprint density at radius 2 is 1.25 bits per heavy atom. The minimum Gasteiger partial charge on any atom is -0.449 e. The minimum absolute atomic E-state index is 0.0146. The van der Waals surface area contributed by atoms with Crippen LogP contribution >= 0.6 is 0 Å². The van der Waals surface area contributed by atoms with E-state index in [1.165, 1.54) is 0 Å². The number of benzene rings is 3. The maximum Gasteiger partial charge on any atom is 0.407 e. The van der Waals surface area contributed by atoms with E-state index in [1.807, 2.05) is 36.4 Å². The summed E-state index contributed by atoms with van der Waals surface area (Å²) >= 11 is 0. The van der Waals surface area contributed by atoms with Gasteiger partial charge in [-0.15, -0.1) is 0 Å². The maximum atomic E-state index is 13.2. The van der Waals surface area contributed by atoms with E-state index in [0.29, 0.717) is 11.3 Å². The molecule has 0 aliphatic heterocycles. The summed E-state index contributed by atoms with van der Waals surface area (Å²) in [5.74, 6) is -1.39. The Morgan fingerprint density at radius 3 is 1.82 bits per heavy atom. The number of ether oxygens (including phenoxy) is 3. The SMILES string of the molecule is CC(C)[C@H](NC(=O)OCC1c2ccccc2-c2ccccc21)C(=O)N[C@@H](C)C(=O)Nc1ccc(COC(=O)NCCNC(=O)OC(C)(C)C)cc1. The topological polar surface area (TPSA) is 173 Å². The van der Waals surface area contributed by atoms with Crippen molar-refractivity contribution >= 4 is 35.8 Å². The summed E-state index contributed by atoms with van der Waals surface area (Å²) in [7, 11) is 0. The van der Waals surface area contributed by atoms with Gasteiger partial charge < -0.3 is 40.8 Å². The average Bonchev–Trinajstić information content (AvgIpc) is 3.40. The van der Waals surface area contributed by atoms with Crippen molar-refractivity contribution in [2.24, 2.45) is 5.92 Å². The lowest BCUT2D eigenvalue weighted by Crippen LogP contribution is -2.53. The van der Waals surface area contributed by atoms with E-state index in [4.69, 9.17) is 14.2 Å². The Morgan fingerprint density at radius 1 is 0.686 bits per heavy atom. The van der Waals surface area contributed by atoms with E-state index < -0.39 is 47.8 Å². The molecule has 0 saturated carbocycles. The molecular weight excluding hydrogens is 654 g/mol. The van der Waals surface area contributed by atoms with Crippen molar-refractivity contribution < 1.29 is 38.2 Å². The van der Waals surface area contributed by atoms with Gasteiger partial charge in [0.2, 0.25) is 11.8 Å². The third kappa shape index (κ3) is 11.2. The van der Waals surface area contributed by atoms with Gasteiger partial charge >= 0.3 is 18.3 Å². The maximum absolute atomic E-state index is 13.2. The first-order chi connectivity index (χ1) is 24.2. The second kappa shape index (κ2) is 17.4. The predicted octanol–water partition coefficient (Wildman–Crippen LogP) is 5.44. The number of hydrogen-bond acceptors (Lipinski definition) is 8. The van der Waals surface area contributed by atoms with Gasteiger partial charge in [-0.2, -0.15) is 0 Å². The zero-order valence-electron chi connectivity index (χ0n) is 29.8. The second-order valence-corrected chi connectivity index (χ2v) is 13.5. The fourth-order valence-electron chi connectivity index (χ4n) is 5.45. The van der Waals surface area contributed by atoms with Crippen LogP contribution < -0.4 is 26.6 Å². The molecule has 0 heterocycles. The van der Waals surface area contributed by atoms with Crippen molar-refractivity contribution in [3.05, 3.63) is 89.5 Å². The molecule has 5 amide bonds. The molecule has 0 bridgehead atoms. The molecule has 1 aliphatic carbocycles. The van der Waals surface area contributed by atoms with Gasteiger partial charge in [0.15, 0.2) is 0 Å². The van der Waals surface area contributed by atoms with Crippen molar-refractivity contribution in [1.82, 2.24) is 21.3 Å². The zero-order valence-corrected chi connectivity index (χ0v) is 29.8. The van der Waals surface area contributed by atoms with E-state index in [0.717, 1.165) is 22.3 Å². The molecular formula is C38H47N5O8. The molecule has 51 heavy (non-hydrogen) atoms. The van der Waals surface area contributed by atoms with Crippen LogP contribution in [0.1, 0.15) is 64.2 Å². The lowest BCUT2D eigenvalue weighted by molar-refractivity contribution is -0.128. The molecule has 3 aromatic carbocycles. The van der Waals surface area contributed by atoms with Crippen LogP contribution in [0.3, 0.4) is 0 Å². The van der Waals surface area contributed by atoms with E-state index in [-0.39, 0.29) is 38.1 Å². The Hall–Kier alpha value is -5.59. The quantitative estimate of drug-likeness (QED) is 0.116. The Balaban J connectivity index is 1.19. The lowest BCUT2D eigenvalue weighted by Gasteiger charge is -2.24. The summed E-state index contributed by atoms with van der Waals surface area (Å²) in [5.41, 5.74) is 4.92. The number of rotatable bonds is 13. The Kier molecular flexibility index (Phi) is 13.0. The number of carbonyl (C=O) groups excluding carboxylic acids is 5. The van der Waals surface area contributed by atoms with Crippen LogP contribution in [0.25, 0.3) is 11.1 Å². The normalized spacial score (nSPS) is 13.2. The van der Waals surface area contributed by atoms with Gasteiger partial charge in [-0.05, 0) is 73.6 Å². The number of fused-ring (bicyclic) bond motifs is 3. The van der Waals surface area contributed by atoms with Gasteiger partial charge in [0.05, 0.1) is 0 Å². The van der Waals surface area contributed by atoms with Crippen LogP contribution in [0.15, 0.2) is 72.8 Å². The number of carbonyl (C=O) groups is 5. The standard InChI is InChI=1S/C38H47N5O8/c1-23(2)32(43-37(48)50-22-31-29-13-9-7-11-27(29)28-12-8-10-14-30(28)31)34(45)41-24(3)33(44)42-26-17-15-25(16-18-26)21-49-35(46)39-19-20-40-36(47)51-38(4,5)6/h7-18,23-24,31-32H,19-22H2,1-6H3,(H,39,46)(H,40,47)(H,41,45)(H,42,44)(H,43,48)/t24-,32-/m0/s1. The minimum atomic E-state index is -0.936. The van der Waals surface area contributed by atoms with E-state index in [9.17, 15) is 24.0 Å². The zero-order chi connectivity index (χ0) is 37.1. The van der Waals surface area contributed by atoms with Gasteiger partial charge in [-0.1, -0.05) is 74.5 Å². The smallest absolute Gasteiger partial charge is 0.407 e. The van der Waals surface area contributed by atoms with Crippen LogP contribution in [0.4, 0.5) is 20.1 Å². The molecule has 13 nitrogen and oxygen atoms in total. The number of anilines is 1. The summed E-state index contributed by atoms with van der Waals surface area (Å²) in [5, 5.41) is 13.2. The second-order valence-electron chi connectivity index (χ2n) is 13.5. The molecule has 4 rings (SSSR count). The number of hydrogen-bond donors (Lipinski definition) is 5. The number of nitrogens with one attached hydrogen (secondary N) is 5. The van der Waals surface area contributed by atoms with Gasteiger partial charge in [0, 0.05) is 24.7 Å². The largest absolute Gasteiger partial charge is 0.449 e. The average molecular weight is 702 g/mol. The van der Waals surface area contributed by atoms with Gasteiger partial charge in [0.1, 0.15) is 30.9 Å². The van der Waals surface area contributed by atoms with Crippen molar-refractivity contribution in [3.63, 3.8) is 0 Å². The number of alkyl carbamates (subject to hydrolysis) is 3. The molecule has 3 aromatic rings. The summed E-state index contributed by atoms with van der Waals surface area (Å²) in [6.07, 6.45) is -1.96. The van der Waals surface area contributed by atoms with Gasteiger partial charge in [0.25, 0.3) is 0 Å². The first kappa shape index (κ1) is 38.2. The highest BCUT2D eigenvalue weighted by Crippen LogP contribution is 2.44. The molecule has 0 radical (unpaired) electrons. The molecule has 0 fully saturated rings. The molecule has 1 aliphatic rings. The van der Waals surface area contributed by atoms with Crippen molar-refractivity contribution in [2.75, 3.05) is 25.0 Å². The first-order valence-corrected chi connectivity index (χ1v) is 16.9. The van der Waals surface area contributed by atoms with Crippen LogP contribution in [0.2, 0.25) is 0 Å². The Labute approximate surface area is 298 Å². The van der Waals surface area contributed by atoms with Crippen LogP contribution in [0, 0.1) is 5.92 Å². The summed E-state index contributed by atoms with van der Waals surface area (Å²) in [6.45, 7) is 10.8. The monoisotopic (exact) mass is 701 g/mol. The predicted molar refractivity (Wildman–Crippen MR) is 192 cm³/mol. The third-order valence-electron chi connectivity index (χ3n) is 7.97. The van der Waals surface area contributed by atoms with Crippen LogP contribution in [-0.4, -0.2) is 67.5 Å². The van der Waals surface area contributed by atoms with Gasteiger partial charge in [-0.3, -0.25) is 9.59 Å². The fraction of sp³-hybridized carbons (Fsp3) is 0.395.